The van der Waals surface area contributed by atoms with E-state index in [9.17, 15) is 13.2 Å². The van der Waals surface area contributed by atoms with Crippen LogP contribution in [0.5, 0.6) is 0 Å². The standard InChI is InChI=1S/C20H30N4O4S2Si/c1-31(2,3)11-10-30(26,27)24-17-5-4-15(12-16(17)14-22-24)13-18-20(29-18,19(21)25)23-6-8-28-9-7-23/h4-5,12,14,18H,6-11,13H2,1-3H3,(H2,21,25)/t18?,20-/m0/s1. The Morgan fingerprint density at radius 3 is 2.68 bits per heavy atom. The lowest BCUT2D eigenvalue weighted by atomic mass is 10.0. The maximum Gasteiger partial charge on any atom is 0.254 e. The molecule has 8 nitrogen and oxygen atoms in total. The van der Waals surface area contributed by atoms with E-state index in [1.54, 1.807) is 18.0 Å². The minimum atomic E-state index is -3.49. The summed E-state index contributed by atoms with van der Waals surface area (Å²) < 4.78 is 32.2. The third-order valence-electron chi connectivity index (χ3n) is 5.93. The van der Waals surface area contributed by atoms with Crippen LogP contribution < -0.4 is 5.73 Å². The second-order valence-corrected chi connectivity index (χ2v) is 18.4. The van der Waals surface area contributed by atoms with Crippen LogP contribution >= 0.6 is 11.8 Å². The summed E-state index contributed by atoms with van der Waals surface area (Å²) >= 11 is 1.60. The van der Waals surface area contributed by atoms with Crippen molar-refractivity contribution in [2.24, 2.45) is 5.73 Å². The molecule has 1 aromatic heterocycles. The van der Waals surface area contributed by atoms with Crippen LogP contribution in [0.1, 0.15) is 5.56 Å². The van der Waals surface area contributed by atoms with Crippen LogP contribution in [0.2, 0.25) is 25.7 Å². The summed E-state index contributed by atoms with van der Waals surface area (Å²) in [5.74, 6) is -0.188. The van der Waals surface area contributed by atoms with Crippen molar-refractivity contribution < 1.29 is 17.9 Å². The SMILES string of the molecule is C[Si](C)(C)CCS(=O)(=O)n1ncc2cc(CC3S[C@@]3(C(N)=O)N3CCOCC3)ccc21. The van der Waals surface area contributed by atoms with Gasteiger partial charge in [0, 0.05) is 31.8 Å². The molecule has 1 unspecified atom stereocenters. The van der Waals surface area contributed by atoms with E-state index >= 15 is 0 Å². The number of rotatable bonds is 8. The van der Waals surface area contributed by atoms with E-state index < -0.39 is 23.0 Å². The molecule has 2 aliphatic heterocycles. The number of primary amides is 1. The van der Waals surface area contributed by atoms with Crippen molar-refractivity contribution >= 4 is 46.7 Å². The topological polar surface area (TPSA) is 108 Å². The van der Waals surface area contributed by atoms with E-state index in [-0.39, 0.29) is 16.9 Å². The molecule has 2 aromatic rings. The van der Waals surface area contributed by atoms with Gasteiger partial charge in [-0.3, -0.25) is 9.69 Å². The lowest BCUT2D eigenvalue weighted by Crippen LogP contribution is -2.53. The molecule has 0 bridgehead atoms. The molecule has 0 radical (unpaired) electrons. The molecule has 0 aliphatic carbocycles. The highest BCUT2D eigenvalue weighted by molar-refractivity contribution is 8.09. The number of morpholine rings is 1. The number of hydrogen-bond donors (Lipinski definition) is 1. The summed E-state index contributed by atoms with van der Waals surface area (Å²) in [6.07, 6.45) is 2.29. The van der Waals surface area contributed by atoms with E-state index in [0.29, 0.717) is 44.3 Å². The molecule has 31 heavy (non-hydrogen) atoms. The van der Waals surface area contributed by atoms with Crippen LogP contribution in [0.15, 0.2) is 24.4 Å². The largest absolute Gasteiger partial charge is 0.379 e. The first-order valence-corrected chi connectivity index (χ1v) is 16.7. The number of aromatic nitrogens is 2. The first kappa shape index (κ1) is 22.8. The normalized spacial score (nSPS) is 25.1. The zero-order valence-corrected chi connectivity index (χ0v) is 20.8. The fraction of sp³-hybridized carbons (Fsp3) is 0.600. The van der Waals surface area contributed by atoms with Gasteiger partial charge in [-0.25, -0.2) is 8.42 Å². The van der Waals surface area contributed by atoms with Gasteiger partial charge in [-0.05, 0) is 30.2 Å². The van der Waals surface area contributed by atoms with Gasteiger partial charge < -0.3 is 10.5 Å². The van der Waals surface area contributed by atoms with Crippen molar-refractivity contribution in [3.8, 4) is 0 Å². The van der Waals surface area contributed by atoms with Gasteiger partial charge in [0.15, 0.2) is 4.87 Å². The molecule has 11 heteroatoms. The van der Waals surface area contributed by atoms with Gasteiger partial charge in [-0.2, -0.15) is 9.19 Å². The highest BCUT2D eigenvalue weighted by Gasteiger charge is 2.64. The predicted molar refractivity (Wildman–Crippen MR) is 126 cm³/mol. The fourth-order valence-corrected chi connectivity index (χ4v) is 9.80. The van der Waals surface area contributed by atoms with Crippen molar-refractivity contribution in [1.29, 1.82) is 0 Å². The molecule has 2 fully saturated rings. The summed E-state index contributed by atoms with van der Waals surface area (Å²) in [7, 11) is -4.97. The van der Waals surface area contributed by atoms with Gasteiger partial charge in [-0.1, -0.05) is 25.7 Å². The van der Waals surface area contributed by atoms with Crippen molar-refractivity contribution in [1.82, 2.24) is 14.1 Å². The molecular weight excluding hydrogens is 452 g/mol. The quantitative estimate of drug-likeness (QED) is 0.451. The Balaban J connectivity index is 1.52. The highest BCUT2D eigenvalue weighted by atomic mass is 32.2. The van der Waals surface area contributed by atoms with E-state index in [4.69, 9.17) is 10.5 Å². The summed E-state index contributed by atoms with van der Waals surface area (Å²) in [5.41, 5.74) is 7.43. The van der Waals surface area contributed by atoms with E-state index in [0.717, 1.165) is 10.9 Å². The van der Waals surface area contributed by atoms with Crippen LogP contribution in [-0.2, 0) is 26.0 Å². The molecular formula is C20H30N4O4S2Si. The fourth-order valence-electron chi connectivity index (χ4n) is 4.05. The molecule has 170 valence electrons. The lowest BCUT2D eigenvalue weighted by Gasteiger charge is -2.32. The average Bonchev–Trinajstić information content (AvgIpc) is 3.27. The number of nitrogens with zero attached hydrogens (tertiary/aromatic N) is 3. The van der Waals surface area contributed by atoms with Gasteiger partial charge in [0.05, 0.1) is 30.7 Å². The van der Waals surface area contributed by atoms with Crippen molar-refractivity contribution in [3.05, 3.63) is 30.0 Å². The smallest absolute Gasteiger partial charge is 0.254 e. The molecule has 0 saturated carbocycles. The minimum Gasteiger partial charge on any atom is -0.379 e. The summed E-state index contributed by atoms with van der Waals surface area (Å²) in [6.45, 7) is 9.11. The molecule has 2 atom stereocenters. The first-order chi connectivity index (χ1) is 14.5. The number of ether oxygens (including phenoxy) is 1. The Labute approximate surface area is 188 Å². The average molecular weight is 483 g/mol. The van der Waals surface area contributed by atoms with Crippen molar-refractivity contribution in [2.75, 3.05) is 32.1 Å². The molecule has 2 aliphatic rings. The Bertz CT molecular complexity index is 1090. The molecule has 1 aromatic carbocycles. The number of hydrogen-bond acceptors (Lipinski definition) is 7. The zero-order chi connectivity index (χ0) is 22.4. The van der Waals surface area contributed by atoms with Gasteiger partial charge in [-0.15, -0.1) is 11.8 Å². The Kier molecular flexibility index (Phi) is 6.01. The lowest BCUT2D eigenvalue weighted by molar-refractivity contribution is -0.125. The maximum absolute atomic E-state index is 12.8. The van der Waals surface area contributed by atoms with Gasteiger partial charge in [0.25, 0.3) is 10.0 Å². The summed E-state index contributed by atoms with van der Waals surface area (Å²) in [4.78, 5) is 13.8. The number of carbonyl (C=O) groups excluding carboxylic acids is 1. The predicted octanol–water partition coefficient (Wildman–Crippen LogP) is 1.72. The molecule has 1 amide bonds. The second-order valence-electron chi connectivity index (χ2n) is 9.48. The summed E-state index contributed by atoms with van der Waals surface area (Å²) in [5, 5.41) is 5.04. The minimum absolute atomic E-state index is 0.0797. The zero-order valence-electron chi connectivity index (χ0n) is 18.2. The van der Waals surface area contributed by atoms with Crippen LogP contribution in [0.25, 0.3) is 10.9 Å². The van der Waals surface area contributed by atoms with Crippen LogP contribution in [0, 0.1) is 0 Å². The van der Waals surface area contributed by atoms with E-state index in [1.807, 2.05) is 18.2 Å². The molecule has 2 N–H and O–H groups in total. The molecule has 3 heterocycles. The number of thioether (sulfide) groups is 1. The maximum atomic E-state index is 12.8. The Morgan fingerprint density at radius 1 is 1.32 bits per heavy atom. The van der Waals surface area contributed by atoms with Crippen molar-refractivity contribution in [3.63, 3.8) is 0 Å². The van der Waals surface area contributed by atoms with Gasteiger partial charge >= 0.3 is 0 Å². The van der Waals surface area contributed by atoms with E-state index in [2.05, 4.69) is 29.6 Å². The van der Waals surface area contributed by atoms with Crippen LogP contribution in [0.3, 0.4) is 0 Å². The Hall–Kier alpha value is -1.40. The van der Waals surface area contributed by atoms with Crippen molar-refractivity contribution in [2.45, 2.75) is 42.2 Å². The third-order valence-corrected chi connectivity index (χ3v) is 11.2. The summed E-state index contributed by atoms with van der Waals surface area (Å²) in [6, 6.07) is 6.41. The monoisotopic (exact) mass is 482 g/mol. The van der Waals surface area contributed by atoms with Crippen LogP contribution in [-0.4, -0.2) is 78.7 Å². The molecule has 4 rings (SSSR count). The third kappa shape index (κ3) is 4.56. The number of amides is 1. The first-order valence-electron chi connectivity index (χ1n) is 10.5. The number of fused-ring (bicyclic) bond motifs is 1. The number of benzene rings is 1. The number of carbonyl (C=O) groups is 1. The molecule has 2 saturated heterocycles. The second kappa shape index (κ2) is 8.18. The Morgan fingerprint density at radius 2 is 2.03 bits per heavy atom. The molecule has 0 spiro atoms. The highest BCUT2D eigenvalue weighted by Crippen LogP contribution is 2.57. The number of nitrogens with two attached hydrogens (primary N) is 1. The van der Waals surface area contributed by atoms with Crippen LogP contribution in [0.4, 0.5) is 0 Å². The van der Waals surface area contributed by atoms with Gasteiger partial charge in [0.1, 0.15) is 0 Å². The van der Waals surface area contributed by atoms with E-state index in [1.165, 1.54) is 4.09 Å². The van der Waals surface area contributed by atoms with Gasteiger partial charge in [0.2, 0.25) is 5.91 Å².